The van der Waals surface area contributed by atoms with Crippen molar-refractivity contribution in [1.82, 2.24) is 5.32 Å². The van der Waals surface area contributed by atoms with Gasteiger partial charge in [-0.15, -0.1) is 0 Å². The fourth-order valence-electron chi connectivity index (χ4n) is 0.891. The molecule has 0 saturated heterocycles. The van der Waals surface area contributed by atoms with Gasteiger partial charge < -0.3 is 16.8 Å². The van der Waals surface area contributed by atoms with Crippen molar-refractivity contribution in [2.24, 2.45) is 11.5 Å². The van der Waals surface area contributed by atoms with Crippen LogP contribution in [0.4, 0.5) is 0 Å². The fraction of sp³-hybridized carbons (Fsp3) is 0.800. The quantitative estimate of drug-likeness (QED) is 0.624. The van der Waals surface area contributed by atoms with Gasteiger partial charge in [0.25, 0.3) is 0 Å². The van der Waals surface area contributed by atoms with E-state index >= 15 is 0 Å². The number of carbonyl (C=O) groups excluding carboxylic acids is 2. The number of rotatable bonds is 4. The summed E-state index contributed by atoms with van der Waals surface area (Å²) < 4.78 is 0. The molecule has 0 aliphatic rings. The molecule has 0 aromatic carbocycles. The van der Waals surface area contributed by atoms with Gasteiger partial charge in [-0.3, -0.25) is 9.59 Å². The van der Waals surface area contributed by atoms with Crippen LogP contribution in [0.2, 0.25) is 0 Å². The molecule has 5 heteroatoms. The summed E-state index contributed by atoms with van der Waals surface area (Å²) in [6.45, 7) is 5.60. The average molecular weight is 217 g/mol. The van der Waals surface area contributed by atoms with Crippen LogP contribution in [0.25, 0.3) is 0 Å². The van der Waals surface area contributed by atoms with Gasteiger partial charge in [0.15, 0.2) is 0 Å². The third-order valence-corrected chi connectivity index (χ3v) is 1.54. The molecule has 0 heterocycles. The Morgan fingerprint density at radius 3 is 2.13 bits per heavy atom. The van der Waals surface area contributed by atoms with E-state index < -0.39 is 11.9 Å². The zero-order valence-electron chi connectivity index (χ0n) is 8.96. The van der Waals surface area contributed by atoms with E-state index in [1.807, 2.05) is 20.8 Å². The molecule has 5 N–H and O–H groups in total. The van der Waals surface area contributed by atoms with Crippen LogP contribution in [0.5, 0.6) is 0 Å². The van der Waals surface area contributed by atoms with Crippen LogP contribution < -0.4 is 16.8 Å². The van der Waals surface area contributed by atoms with E-state index in [-0.39, 0.29) is 31.7 Å². The first-order chi connectivity index (χ1) is 6.22. The van der Waals surface area contributed by atoms with Crippen molar-refractivity contribution in [3.63, 3.8) is 0 Å². The molecular formula is C10H23N3O2. The van der Waals surface area contributed by atoms with Gasteiger partial charge in [0.2, 0.25) is 11.8 Å². The Bertz CT molecular complexity index is 221. The predicted molar refractivity (Wildman–Crippen MR) is 61.0 cm³/mol. The highest BCUT2D eigenvalue weighted by Gasteiger charge is 2.19. The van der Waals surface area contributed by atoms with E-state index in [4.69, 9.17) is 11.5 Å². The van der Waals surface area contributed by atoms with Gasteiger partial charge in [0.1, 0.15) is 0 Å². The van der Waals surface area contributed by atoms with Crippen molar-refractivity contribution in [2.75, 3.05) is 0 Å². The third-order valence-electron chi connectivity index (χ3n) is 1.54. The molecule has 0 bridgehead atoms. The van der Waals surface area contributed by atoms with Crippen molar-refractivity contribution >= 4 is 11.8 Å². The molecule has 0 saturated carbocycles. The van der Waals surface area contributed by atoms with Crippen LogP contribution in [0, 0.1) is 0 Å². The Morgan fingerprint density at radius 1 is 1.33 bits per heavy atom. The van der Waals surface area contributed by atoms with Crippen molar-refractivity contribution in [3.8, 4) is 0 Å². The third kappa shape index (κ3) is 9.21. The second kappa shape index (κ2) is 6.40. The highest BCUT2D eigenvalue weighted by Crippen LogP contribution is 2.01. The highest BCUT2D eigenvalue weighted by atomic mass is 16.2. The van der Waals surface area contributed by atoms with Crippen LogP contribution in [0.15, 0.2) is 0 Å². The van der Waals surface area contributed by atoms with Crippen LogP contribution in [-0.2, 0) is 9.59 Å². The Hall–Kier alpha value is -1.10. The standard InChI is InChI=1S/C9H19N3O2.CH4/c1-9(2,3)12-8(14)6(10)4-5-7(11)13;/h6H,4-5,10H2,1-3H3,(H2,11,13)(H,12,14);1H4. The monoisotopic (exact) mass is 217 g/mol. The Morgan fingerprint density at radius 2 is 1.80 bits per heavy atom. The lowest BCUT2D eigenvalue weighted by atomic mass is 10.1. The summed E-state index contributed by atoms with van der Waals surface area (Å²) in [6, 6.07) is -0.665. The summed E-state index contributed by atoms with van der Waals surface area (Å²) in [7, 11) is 0. The molecule has 1 atom stereocenters. The molecule has 1 unspecified atom stereocenters. The van der Waals surface area contributed by atoms with Crippen LogP contribution >= 0.6 is 0 Å². The molecule has 0 aromatic rings. The number of hydrogen-bond acceptors (Lipinski definition) is 3. The molecule has 5 nitrogen and oxygen atoms in total. The Kier molecular flexibility index (Phi) is 6.96. The molecule has 0 fully saturated rings. The van der Waals surface area contributed by atoms with E-state index in [0.29, 0.717) is 0 Å². The molecule has 2 amide bonds. The predicted octanol–water partition coefficient (Wildman–Crippen LogP) is 0.130. The van der Waals surface area contributed by atoms with Crippen molar-refractivity contribution in [1.29, 1.82) is 0 Å². The summed E-state index contributed by atoms with van der Waals surface area (Å²) >= 11 is 0. The van der Waals surface area contributed by atoms with Gasteiger partial charge in [-0.2, -0.15) is 0 Å². The molecule has 0 radical (unpaired) electrons. The number of amides is 2. The largest absolute Gasteiger partial charge is 0.370 e. The zero-order chi connectivity index (χ0) is 11.4. The maximum absolute atomic E-state index is 11.4. The fourth-order valence-corrected chi connectivity index (χ4v) is 0.891. The van der Waals surface area contributed by atoms with Gasteiger partial charge in [0, 0.05) is 12.0 Å². The summed E-state index contributed by atoms with van der Waals surface area (Å²) in [5.41, 5.74) is 10.2. The Balaban J connectivity index is 0. The highest BCUT2D eigenvalue weighted by molar-refractivity contribution is 5.83. The number of primary amides is 1. The minimum Gasteiger partial charge on any atom is -0.370 e. The van der Waals surface area contributed by atoms with E-state index in [9.17, 15) is 9.59 Å². The lowest BCUT2D eigenvalue weighted by Crippen LogP contribution is -2.49. The Labute approximate surface area is 91.6 Å². The number of nitrogens with two attached hydrogens (primary N) is 2. The number of carbonyl (C=O) groups is 2. The summed E-state index contributed by atoms with van der Waals surface area (Å²) in [5, 5.41) is 2.73. The molecule has 0 aliphatic heterocycles. The molecular weight excluding hydrogens is 194 g/mol. The van der Waals surface area contributed by atoms with Crippen LogP contribution in [0.3, 0.4) is 0 Å². The van der Waals surface area contributed by atoms with E-state index in [1.165, 1.54) is 0 Å². The van der Waals surface area contributed by atoms with E-state index in [2.05, 4.69) is 5.32 Å². The maximum atomic E-state index is 11.4. The summed E-state index contributed by atoms with van der Waals surface area (Å²) in [6.07, 6.45) is 0.427. The van der Waals surface area contributed by atoms with Gasteiger partial charge in [-0.05, 0) is 27.2 Å². The topological polar surface area (TPSA) is 98.2 Å². The SMILES string of the molecule is C.CC(C)(C)NC(=O)C(N)CCC(N)=O. The van der Waals surface area contributed by atoms with E-state index in [0.717, 1.165) is 0 Å². The molecule has 15 heavy (non-hydrogen) atoms. The van der Waals surface area contributed by atoms with Gasteiger partial charge >= 0.3 is 0 Å². The van der Waals surface area contributed by atoms with E-state index in [1.54, 1.807) is 0 Å². The maximum Gasteiger partial charge on any atom is 0.237 e. The second-order valence-corrected chi connectivity index (χ2v) is 4.35. The molecule has 0 rings (SSSR count). The molecule has 0 spiro atoms. The van der Waals surface area contributed by atoms with Crippen molar-refractivity contribution in [3.05, 3.63) is 0 Å². The lowest BCUT2D eigenvalue weighted by molar-refractivity contribution is -0.124. The van der Waals surface area contributed by atoms with Gasteiger partial charge in [0.05, 0.1) is 6.04 Å². The first-order valence-corrected chi connectivity index (χ1v) is 4.58. The van der Waals surface area contributed by atoms with Crippen LogP contribution in [0.1, 0.15) is 41.0 Å². The smallest absolute Gasteiger partial charge is 0.237 e. The van der Waals surface area contributed by atoms with Crippen molar-refractivity contribution < 1.29 is 9.59 Å². The molecule has 90 valence electrons. The minimum atomic E-state index is -0.665. The summed E-state index contributed by atoms with van der Waals surface area (Å²) in [5.74, 6) is -0.692. The molecule has 0 aliphatic carbocycles. The second-order valence-electron chi connectivity index (χ2n) is 4.35. The number of hydrogen-bond donors (Lipinski definition) is 3. The van der Waals surface area contributed by atoms with Crippen molar-refractivity contribution in [2.45, 2.75) is 52.6 Å². The van der Waals surface area contributed by atoms with Crippen LogP contribution in [-0.4, -0.2) is 23.4 Å². The molecule has 0 aromatic heterocycles. The van der Waals surface area contributed by atoms with Gasteiger partial charge in [-0.1, -0.05) is 7.43 Å². The number of nitrogens with one attached hydrogen (secondary N) is 1. The zero-order valence-corrected chi connectivity index (χ0v) is 8.96. The first-order valence-electron chi connectivity index (χ1n) is 4.58. The normalized spacial score (nSPS) is 12.5. The first kappa shape index (κ1) is 16.3. The lowest BCUT2D eigenvalue weighted by Gasteiger charge is -2.22. The summed E-state index contributed by atoms with van der Waals surface area (Å²) in [4.78, 5) is 21.8. The van der Waals surface area contributed by atoms with Gasteiger partial charge in [-0.25, -0.2) is 0 Å². The average Bonchev–Trinajstić information content (AvgIpc) is 1.96. The minimum absolute atomic E-state index is 0.